The maximum absolute atomic E-state index is 12.7. The zero-order valence-corrected chi connectivity index (χ0v) is 16.4. The summed E-state index contributed by atoms with van der Waals surface area (Å²) in [7, 11) is 0. The molecule has 1 aromatic rings. The smallest absolute Gasteiger partial charge is 0.317 e. The van der Waals surface area contributed by atoms with Crippen molar-refractivity contribution in [3.63, 3.8) is 0 Å². The Morgan fingerprint density at radius 2 is 1.96 bits per heavy atom. The van der Waals surface area contributed by atoms with Crippen LogP contribution in [0.4, 0.5) is 10.6 Å². The summed E-state index contributed by atoms with van der Waals surface area (Å²) in [4.78, 5) is 32.7. The lowest BCUT2D eigenvalue weighted by Crippen LogP contribution is -2.49. The summed E-state index contributed by atoms with van der Waals surface area (Å²) in [6, 6.07) is 4.18. The molecule has 2 aliphatic rings. The Labute approximate surface area is 161 Å². The number of nitrogens with zero attached hydrogens (tertiary/aromatic N) is 3. The molecule has 0 bridgehead atoms. The first-order valence-electron chi connectivity index (χ1n) is 9.98. The van der Waals surface area contributed by atoms with Crippen LogP contribution in [0.3, 0.4) is 0 Å². The molecule has 2 fully saturated rings. The normalized spacial score (nSPS) is 23.9. The molecule has 7 nitrogen and oxygen atoms in total. The summed E-state index contributed by atoms with van der Waals surface area (Å²) < 4.78 is 0. The minimum Gasteiger partial charge on any atom is -0.369 e. The molecule has 1 aromatic heterocycles. The summed E-state index contributed by atoms with van der Waals surface area (Å²) in [5, 5.41) is 3.07. The maximum Gasteiger partial charge on any atom is 0.317 e. The van der Waals surface area contributed by atoms with Gasteiger partial charge in [-0.25, -0.2) is 9.78 Å². The number of hydrogen-bond acceptors (Lipinski definition) is 4. The van der Waals surface area contributed by atoms with E-state index in [1.807, 2.05) is 17.0 Å². The van der Waals surface area contributed by atoms with E-state index >= 15 is 0 Å². The summed E-state index contributed by atoms with van der Waals surface area (Å²) >= 11 is 0. The van der Waals surface area contributed by atoms with E-state index in [4.69, 9.17) is 5.73 Å². The van der Waals surface area contributed by atoms with E-state index in [0.29, 0.717) is 12.5 Å². The molecule has 3 heterocycles. The minimum atomic E-state index is -0.215. The molecular formula is C20H31N5O2. The second-order valence-corrected chi connectivity index (χ2v) is 7.99. The number of nitrogens with one attached hydrogen (secondary N) is 1. The first-order valence-corrected chi connectivity index (χ1v) is 9.98. The van der Waals surface area contributed by atoms with Gasteiger partial charge in [0.25, 0.3) is 0 Å². The maximum atomic E-state index is 12.7. The summed E-state index contributed by atoms with van der Waals surface area (Å²) in [6.45, 7) is 7.09. The molecular weight excluding hydrogens is 342 g/mol. The molecule has 2 saturated heterocycles. The summed E-state index contributed by atoms with van der Waals surface area (Å²) in [5.41, 5.74) is 6.43. The van der Waals surface area contributed by atoms with Crippen LogP contribution in [0.2, 0.25) is 0 Å². The van der Waals surface area contributed by atoms with Crippen molar-refractivity contribution in [2.24, 2.45) is 17.6 Å². The van der Waals surface area contributed by atoms with Crippen LogP contribution in [0.5, 0.6) is 0 Å². The van der Waals surface area contributed by atoms with E-state index in [1.165, 1.54) is 6.42 Å². The third-order valence-electron chi connectivity index (χ3n) is 5.87. The molecule has 3 rings (SSSR count). The SMILES string of the molecule is CC1CCC(C)N(C(=O)NCc2cccnc2N2CCC(C(N)=O)CC2)C1. The van der Waals surface area contributed by atoms with Gasteiger partial charge in [0.2, 0.25) is 5.91 Å². The number of likely N-dealkylation sites (tertiary alicyclic amines) is 1. The standard InChI is InChI=1S/C20H31N5O2/c1-14-5-6-15(2)25(13-14)20(27)23-12-17-4-3-9-22-19(17)24-10-7-16(8-11-24)18(21)26/h3-4,9,14-16H,5-8,10-13H2,1-2H3,(H2,21,26)(H,23,27). The van der Waals surface area contributed by atoms with Crippen LogP contribution in [-0.4, -0.2) is 47.5 Å². The number of primary amides is 1. The number of carbonyl (C=O) groups excluding carboxylic acids is 2. The first-order chi connectivity index (χ1) is 13.0. The van der Waals surface area contributed by atoms with Crippen molar-refractivity contribution < 1.29 is 9.59 Å². The fourth-order valence-corrected chi connectivity index (χ4v) is 4.07. The highest BCUT2D eigenvalue weighted by molar-refractivity contribution is 5.77. The van der Waals surface area contributed by atoms with Gasteiger partial charge in [-0.3, -0.25) is 4.79 Å². The molecule has 3 N–H and O–H groups in total. The molecule has 0 spiro atoms. The molecule has 148 valence electrons. The highest BCUT2D eigenvalue weighted by atomic mass is 16.2. The highest BCUT2D eigenvalue weighted by Gasteiger charge is 2.28. The third kappa shape index (κ3) is 4.70. The topological polar surface area (TPSA) is 91.6 Å². The lowest BCUT2D eigenvalue weighted by Gasteiger charge is -2.37. The molecule has 0 radical (unpaired) electrons. The molecule has 3 amide bonds. The molecule has 2 aliphatic heterocycles. The molecule has 0 aromatic carbocycles. The van der Waals surface area contributed by atoms with Crippen molar-refractivity contribution in [1.82, 2.24) is 15.2 Å². The first kappa shape index (κ1) is 19.5. The Balaban J connectivity index is 1.61. The number of rotatable bonds is 4. The van der Waals surface area contributed by atoms with Gasteiger partial charge < -0.3 is 20.9 Å². The predicted octanol–water partition coefficient (Wildman–Crippen LogP) is 2.11. The molecule has 7 heteroatoms. The van der Waals surface area contributed by atoms with Crippen LogP contribution in [0.1, 0.15) is 45.1 Å². The van der Waals surface area contributed by atoms with E-state index in [2.05, 4.69) is 29.0 Å². The van der Waals surface area contributed by atoms with Crippen LogP contribution in [0, 0.1) is 11.8 Å². The zero-order valence-electron chi connectivity index (χ0n) is 16.4. The van der Waals surface area contributed by atoms with Crippen molar-refractivity contribution in [3.8, 4) is 0 Å². The van der Waals surface area contributed by atoms with Crippen LogP contribution in [-0.2, 0) is 11.3 Å². The second-order valence-electron chi connectivity index (χ2n) is 7.99. The van der Waals surface area contributed by atoms with Gasteiger partial charge >= 0.3 is 6.03 Å². The predicted molar refractivity (Wildman–Crippen MR) is 105 cm³/mol. The number of nitrogens with two attached hydrogens (primary N) is 1. The fourth-order valence-electron chi connectivity index (χ4n) is 4.07. The largest absolute Gasteiger partial charge is 0.369 e. The molecule has 2 unspecified atom stereocenters. The number of urea groups is 1. The van der Waals surface area contributed by atoms with Gasteiger partial charge in [0.15, 0.2) is 0 Å². The van der Waals surface area contributed by atoms with Gasteiger partial charge in [0.05, 0.1) is 0 Å². The molecule has 2 atom stereocenters. The van der Waals surface area contributed by atoms with Crippen molar-refractivity contribution in [1.29, 1.82) is 0 Å². The number of piperidine rings is 2. The monoisotopic (exact) mass is 373 g/mol. The Morgan fingerprint density at radius 3 is 2.67 bits per heavy atom. The van der Waals surface area contributed by atoms with Crippen molar-refractivity contribution in [2.45, 2.75) is 52.1 Å². The fraction of sp³-hybridized carbons (Fsp3) is 0.650. The van der Waals surface area contributed by atoms with Crippen LogP contribution >= 0.6 is 0 Å². The second kappa shape index (κ2) is 8.59. The third-order valence-corrected chi connectivity index (χ3v) is 5.87. The van der Waals surface area contributed by atoms with Crippen LogP contribution in [0.15, 0.2) is 18.3 Å². The number of amides is 3. The van der Waals surface area contributed by atoms with E-state index < -0.39 is 0 Å². The van der Waals surface area contributed by atoms with E-state index in [0.717, 1.165) is 50.3 Å². The van der Waals surface area contributed by atoms with Crippen molar-refractivity contribution in [2.75, 3.05) is 24.5 Å². The molecule has 0 aliphatic carbocycles. The van der Waals surface area contributed by atoms with Crippen LogP contribution < -0.4 is 16.0 Å². The van der Waals surface area contributed by atoms with E-state index in [9.17, 15) is 9.59 Å². The summed E-state index contributed by atoms with van der Waals surface area (Å²) in [5.74, 6) is 1.18. The Hall–Kier alpha value is -2.31. The number of pyridine rings is 1. The van der Waals surface area contributed by atoms with E-state index in [1.54, 1.807) is 6.20 Å². The van der Waals surface area contributed by atoms with Gasteiger partial charge in [0, 0.05) is 49.9 Å². The highest BCUT2D eigenvalue weighted by Crippen LogP contribution is 2.25. The van der Waals surface area contributed by atoms with Gasteiger partial charge in [-0.05, 0) is 44.6 Å². The quantitative estimate of drug-likeness (QED) is 0.846. The van der Waals surface area contributed by atoms with Crippen molar-refractivity contribution in [3.05, 3.63) is 23.9 Å². The van der Waals surface area contributed by atoms with Gasteiger partial charge in [-0.15, -0.1) is 0 Å². The Morgan fingerprint density at radius 1 is 1.22 bits per heavy atom. The lowest BCUT2D eigenvalue weighted by atomic mass is 9.95. The van der Waals surface area contributed by atoms with Gasteiger partial charge in [-0.2, -0.15) is 0 Å². The van der Waals surface area contributed by atoms with Gasteiger partial charge in [-0.1, -0.05) is 13.0 Å². The number of carbonyl (C=O) groups is 2. The lowest BCUT2D eigenvalue weighted by molar-refractivity contribution is -0.122. The Kier molecular flexibility index (Phi) is 6.19. The van der Waals surface area contributed by atoms with Crippen LogP contribution in [0.25, 0.3) is 0 Å². The number of aromatic nitrogens is 1. The number of hydrogen-bond donors (Lipinski definition) is 2. The summed E-state index contributed by atoms with van der Waals surface area (Å²) in [6.07, 6.45) is 5.51. The molecule has 0 saturated carbocycles. The van der Waals surface area contributed by atoms with E-state index in [-0.39, 0.29) is 23.9 Å². The van der Waals surface area contributed by atoms with Gasteiger partial charge in [0.1, 0.15) is 5.82 Å². The number of anilines is 1. The average Bonchev–Trinajstić information content (AvgIpc) is 2.68. The minimum absolute atomic E-state index is 0.00344. The Bertz CT molecular complexity index is 672. The van der Waals surface area contributed by atoms with Crippen molar-refractivity contribution >= 4 is 17.8 Å². The average molecular weight is 374 g/mol. The molecule has 27 heavy (non-hydrogen) atoms. The zero-order chi connectivity index (χ0) is 19.4.